The Morgan fingerprint density at radius 1 is 0.759 bits per heavy atom. The van der Waals surface area contributed by atoms with E-state index in [9.17, 15) is 0 Å². The molecule has 0 aromatic heterocycles. The molecule has 0 bridgehead atoms. The van der Waals surface area contributed by atoms with E-state index in [1.54, 1.807) is 0 Å². The second-order valence-corrected chi connectivity index (χ2v) is 9.04. The monoisotopic (exact) mass is 377 g/mol. The second kappa shape index (κ2) is 6.49. The highest BCUT2D eigenvalue weighted by Gasteiger charge is 2.35. The molecule has 3 aromatic rings. The molecule has 144 valence electrons. The molecule has 5 rings (SSSR count). The smallest absolute Gasteiger partial charge is 0.0566 e. The number of fused-ring (bicyclic) bond motifs is 3. The van der Waals surface area contributed by atoms with Crippen LogP contribution in [-0.4, -0.2) is 5.54 Å². The van der Waals surface area contributed by atoms with Crippen molar-refractivity contribution >= 4 is 11.3 Å². The number of hydrogen-bond acceptors (Lipinski definition) is 1. The maximum Gasteiger partial charge on any atom is 0.0566 e. The molecule has 1 N–H and O–H groups in total. The Kier molecular flexibility index (Phi) is 4.03. The Morgan fingerprint density at radius 3 is 2.24 bits per heavy atom. The van der Waals surface area contributed by atoms with E-state index >= 15 is 0 Å². The normalized spacial score (nSPS) is 21.3. The first kappa shape index (κ1) is 18.0. The topological polar surface area (TPSA) is 12.0 Å². The van der Waals surface area contributed by atoms with Crippen molar-refractivity contribution in [1.29, 1.82) is 0 Å². The SMILES string of the molecule is CC1(Nc2ccc3c(c2)C(C)(C)c2ccccc2-3)C=CC(c2ccccc2)=CC1. The van der Waals surface area contributed by atoms with E-state index in [-0.39, 0.29) is 11.0 Å². The highest BCUT2D eigenvalue weighted by molar-refractivity contribution is 5.82. The van der Waals surface area contributed by atoms with E-state index in [2.05, 4.69) is 117 Å². The summed E-state index contributed by atoms with van der Waals surface area (Å²) >= 11 is 0. The van der Waals surface area contributed by atoms with Crippen LogP contribution in [0.5, 0.6) is 0 Å². The Hall–Kier alpha value is -3.06. The summed E-state index contributed by atoms with van der Waals surface area (Å²) in [6.45, 7) is 6.94. The van der Waals surface area contributed by atoms with E-state index in [0.29, 0.717) is 0 Å². The van der Waals surface area contributed by atoms with Crippen LogP contribution in [0.2, 0.25) is 0 Å². The minimum absolute atomic E-state index is 0.0350. The third kappa shape index (κ3) is 3.02. The van der Waals surface area contributed by atoms with Gasteiger partial charge in [0.25, 0.3) is 0 Å². The van der Waals surface area contributed by atoms with Gasteiger partial charge in [0.2, 0.25) is 0 Å². The van der Waals surface area contributed by atoms with Gasteiger partial charge in [0.1, 0.15) is 0 Å². The summed E-state index contributed by atoms with van der Waals surface area (Å²) < 4.78 is 0. The fraction of sp³-hybridized carbons (Fsp3) is 0.214. The Balaban J connectivity index is 1.41. The second-order valence-electron chi connectivity index (χ2n) is 9.04. The van der Waals surface area contributed by atoms with Gasteiger partial charge < -0.3 is 5.32 Å². The maximum atomic E-state index is 3.79. The van der Waals surface area contributed by atoms with Gasteiger partial charge in [-0.2, -0.15) is 0 Å². The van der Waals surface area contributed by atoms with Crippen LogP contribution in [0.1, 0.15) is 43.9 Å². The van der Waals surface area contributed by atoms with Crippen molar-refractivity contribution in [3.63, 3.8) is 0 Å². The minimum atomic E-state index is -0.0812. The molecule has 0 radical (unpaired) electrons. The number of hydrogen-bond donors (Lipinski definition) is 1. The largest absolute Gasteiger partial charge is 0.376 e. The summed E-state index contributed by atoms with van der Waals surface area (Å²) in [4.78, 5) is 0. The molecule has 2 aliphatic rings. The van der Waals surface area contributed by atoms with E-state index < -0.39 is 0 Å². The standard InChI is InChI=1S/C28H27N/c1-27(2)25-12-8-7-11-23(25)24-14-13-22(19-26(24)27)29-28(3)17-15-21(16-18-28)20-9-5-4-6-10-20/h4-17,19,29H,18H2,1-3H3. The molecule has 29 heavy (non-hydrogen) atoms. The van der Waals surface area contributed by atoms with Crippen molar-refractivity contribution in [2.75, 3.05) is 5.32 Å². The molecule has 3 aromatic carbocycles. The molecule has 0 aliphatic heterocycles. The van der Waals surface area contributed by atoms with Crippen LogP contribution in [0.25, 0.3) is 16.7 Å². The van der Waals surface area contributed by atoms with Gasteiger partial charge in [-0.05, 0) is 58.9 Å². The first-order valence-electron chi connectivity index (χ1n) is 10.4. The maximum absolute atomic E-state index is 3.79. The fourth-order valence-electron chi connectivity index (χ4n) is 4.78. The quantitative estimate of drug-likeness (QED) is 0.508. The van der Waals surface area contributed by atoms with Crippen molar-refractivity contribution < 1.29 is 0 Å². The van der Waals surface area contributed by atoms with E-state index in [0.717, 1.165) is 6.42 Å². The lowest BCUT2D eigenvalue weighted by atomic mass is 9.82. The molecule has 0 heterocycles. The number of benzene rings is 3. The summed E-state index contributed by atoms with van der Waals surface area (Å²) in [6, 6.07) is 26.3. The molecule has 0 amide bonds. The number of allylic oxidation sites excluding steroid dienone is 2. The van der Waals surface area contributed by atoms with Crippen LogP contribution >= 0.6 is 0 Å². The first-order chi connectivity index (χ1) is 14.0. The van der Waals surface area contributed by atoms with Crippen molar-refractivity contribution in [1.82, 2.24) is 0 Å². The molecule has 0 saturated heterocycles. The van der Waals surface area contributed by atoms with Gasteiger partial charge in [-0.15, -0.1) is 0 Å². The van der Waals surface area contributed by atoms with Crippen LogP contribution in [0.3, 0.4) is 0 Å². The number of nitrogens with one attached hydrogen (secondary N) is 1. The van der Waals surface area contributed by atoms with Crippen molar-refractivity contribution in [3.8, 4) is 11.1 Å². The Morgan fingerprint density at radius 2 is 1.48 bits per heavy atom. The van der Waals surface area contributed by atoms with Gasteiger partial charge in [-0.3, -0.25) is 0 Å². The van der Waals surface area contributed by atoms with Gasteiger partial charge >= 0.3 is 0 Å². The zero-order valence-corrected chi connectivity index (χ0v) is 17.4. The molecule has 0 fully saturated rings. The summed E-state index contributed by atoms with van der Waals surface area (Å²) in [5, 5.41) is 3.79. The van der Waals surface area contributed by atoms with Crippen LogP contribution in [0.4, 0.5) is 5.69 Å². The molecular weight excluding hydrogens is 350 g/mol. The van der Waals surface area contributed by atoms with Gasteiger partial charge in [0.15, 0.2) is 0 Å². The zero-order chi connectivity index (χ0) is 20.1. The minimum Gasteiger partial charge on any atom is -0.376 e. The van der Waals surface area contributed by atoms with Crippen molar-refractivity contribution in [2.45, 2.75) is 38.1 Å². The van der Waals surface area contributed by atoms with Crippen LogP contribution < -0.4 is 5.32 Å². The Labute approximate surface area is 173 Å². The van der Waals surface area contributed by atoms with Gasteiger partial charge in [-0.1, -0.05) is 92.7 Å². The summed E-state index contributed by atoms with van der Waals surface area (Å²) in [7, 11) is 0. The van der Waals surface area contributed by atoms with E-state index in [1.165, 1.54) is 39.1 Å². The zero-order valence-electron chi connectivity index (χ0n) is 17.4. The molecule has 1 nitrogen and oxygen atoms in total. The summed E-state index contributed by atoms with van der Waals surface area (Å²) in [6.07, 6.45) is 7.87. The third-order valence-electron chi connectivity index (χ3n) is 6.50. The molecule has 1 atom stereocenters. The average molecular weight is 378 g/mol. The molecule has 0 spiro atoms. The molecule has 2 aliphatic carbocycles. The van der Waals surface area contributed by atoms with E-state index in [1.807, 2.05) is 0 Å². The van der Waals surface area contributed by atoms with Crippen molar-refractivity contribution in [3.05, 3.63) is 108 Å². The predicted octanol–water partition coefficient (Wildman–Crippen LogP) is 7.21. The Bertz CT molecular complexity index is 1130. The highest BCUT2D eigenvalue weighted by Crippen LogP contribution is 2.49. The van der Waals surface area contributed by atoms with E-state index in [4.69, 9.17) is 0 Å². The lowest BCUT2D eigenvalue weighted by Gasteiger charge is -2.31. The van der Waals surface area contributed by atoms with Gasteiger partial charge in [0.05, 0.1) is 5.54 Å². The van der Waals surface area contributed by atoms with Crippen LogP contribution in [-0.2, 0) is 5.41 Å². The highest BCUT2D eigenvalue weighted by atomic mass is 15.0. The van der Waals surface area contributed by atoms with Gasteiger partial charge in [0, 0.05) is 11.1 Å². The summed E-state index contributed by atoms with van der Waals surface area (Å²) in [5.41, 5.74) is 9.30. The first-order valence-corrected chi connectivity index (χ1v) is 10.4. The lowest BCUT2D eigenvalue weighted by molar-refractivity contribution is 0.639. The fourth-order valence-corrected chi connectivity index (χ4v) is 4.78. The molecule has 1 unspecified atom stereocenters. The third-order valence-corrected chi connectivity index (χ3v) is 6.50. The van der Waals surface area contributed by atoms with Crippen LogP contribution in [0, 0.1) is 0 Å². The lowest BCUT2D eigenvalue weighted by Crippen LogP contribution is -2.33. The molecular formula is C28H27N. The van der Waals surface area contributed by atoms with Crippen LogP contribution in [0.15, 0.2) is 91.0 Å². The number of rotatable bonds is 3. The van der Waals surface area contributed by atoms with Crippen molar-refractivity contribution in [2.24, 2.45) is 0 Å². The molecule has 0 saturated carbocycles. The summed E-state index contributed by atoms with van der Waals surface area (Å²) in [5.74, 6) is 0. The predicted molar refractivity (Wildman–Crippen MR) is 124 cm³/mol. The average Bonchev–Trinajstić information content (AvgIpc) is 2.96. The molecule has 1 heteroatoms. The van der Waals surface area contributed by atoms with Gasteiger partial charge in [-0.25, -0.2) is 0 Å². The number of anilines is 1.